The van der Waals surface area contributed by atoms with Gasteiger partial charge in [-0.25, -0.2) is 8.42 Å². The SMILES string of the molecule is CC1(C)C(/C=C/C=C/C=C/C=C2/N(CCCN=[N+]=[N-])c3ccc4ccccc4c3C2(C)C)=[N+](CCCCS(=O)(=O)[O-])c2ccc3ccccc3c21. The molecule has 2 heterocycles. The molecule has 4 aromatic carbocycles. The minimum Gasteiger partial charge on any atom is -0.748 e. The molecule has 0 aromatic heterocycles. The molecule has 262 valence electrons. The number of hydrogen-bond donors (Lipinski definition) is 0. The van der Waals surface area contributed by atoms with Crippen molar-refractivity contribution in [2.75, 3.05) is 30.3 Å². The van der Waals surface area contributed by atoms with Gasteiger partial charge in [0.05, 0.1) is 15.5 Å². The van der Waals surface area contributed by atoms with Gasteiger partial charge in [-0.2, -0.15) is 4.58 Å². The van der Waals surface area contributed by atoms with Crippen molar-refractivity contribution in [3.05, 3.63) is 143 Å². The molecule has 0 spiro atoms. The lowest BCUT2D eigenvalue weighted by atomic mass is 9.79. The van der Waals surface area contributed by atoms with Gasteiger partial charge in [-0.3, -0.25) is 0 Å². The number of azide groups is 1. The number of allylic oxidation sites excluding steroid dienone is 8. The van der Waals surface area contributed by atoms with Gasteiger partial charge in [0.2, 0.25) is 5.69 Å². The highest BCUT2D eigenvalue weighted by molar-refractivity contribution is 7.85. The quantitative estimate of drug-likeness (QED) is 0.0263. The first kappa shape index (κ1) is 35.9. The minimum atomic E-state index is -4.24. The topological polar surface area (TPSA) is 112 Å². The van der Waals surface area contributed by atoms with Gasteiger partial charge in [0.15, 0.2) is 5.71 Å². The summed E-state index contributed by atoms with van der Waals surface area (Å²) in [5.41, 5.74) is 15.5. The van der Waals surface area contributed by atoms with Gasteiger partial charge in [0, 0.05) is 64.7 Å². The lowest BCUT2D eigenvalue weighted by molar-refractivity contribution is -0.438. The van der Waals surface area contributed by atoms with Crippen LogP contribution in [-0.4, -0.2) is 48.6 Å². The number of fused-ring (bicyclic) bond motifs is 6. The molecule has 4 aromatic rings. The fourth-order valence-electron chi connectivity index (χ4n) is 7.93. The van der Waals surface area contributed by atoms with Crippen molar-refractivity contribution in [3.63, 3.8) is 0 Å². The summed E-state index contributed by atoms with van der Waals surface area (Å²) in [6, 6.07) is 25.6. The Kier molecular flexibility index (Phi) is 10.4. The van der Waals surface area contributed by atoms with Gasteiger partial charge in [-0.1, -0.05) is 104 Å². The second kappa shape index (κ2) is 14.7. The fourth-order valence-corrected chi connectivity index (χ4v) is 8.49. The first-order chi connectivity index (χ1) is 24.4. The van der Waals surface area contributed by atoms with Crippen LogP contribution in [0.5, 0.6) is 0 Å². The zero-order valence-corrected chi connectivity index (χ0v) is 30.6. The Balaban J connectivity index is 1.26. The third-order valence-corrected chi connectivity index (χ3v) is 11.0. The molecule has 8 nitrogen and oxygen atoms in total. The maximum Gasteiger partial charge on any atom is 0.210 e. The van der Waals surface area contributed by atoms with Crippen molar-refractivity contribution in [2.24, 2.45) is 5.11 Å². The summed E-state index contributed by atoms with van der Waals surface area (Å²) in [6.07, 6.45) is 16.2. The van der Waals surface area contributed by atoms with Crippen LogP contribution in [0.1, 0.15) is 58.1 Å². The summed E-state index contributed by atoms with van der Waals surface area (Å²) in [5, 5.41) is 8.63. The Morgan fingerprint density at radius 3 is 2.16 bits per heavy atom. The average Bonchev–Trinajstić information content (AvgIpc) is 3.46. The molecule has 0 saturated carbocycles. The summed E-state index contributed by atoms with van der Waals surface area (Å²) >= 11 is 0. The highest BCUT2D eigenvalue weighted by Gasteiger charge is 2.45. The molecule has 0 bridgehead atoms. The van der Waals surface area contributed by atoms with E-state index in [0.29, 0.717) is 25.9 Å². The lowest BCUT2D eigenvalue weighted by Crippen LogP contribution is -2.28. The van der Waals surface area contributed by atoms with Gasteiger partial charge in [0.1, 0.15) is 6.54 Å². The van der Waals surface area contributed by atoms with Gasteiger partial charge < -0.3 is 9.45 Å². The predicted octanol–water partition coefficient (Wildman–Crippen LogP) is 9.75. The largest absolute Gasteiger partial charge is 0.748 e. The van der Waals surface area contributed by atoms with Crippen molar-refractivity contribution >= 4 is 48.7 Å². The van der Waals surface area contributed by atoms with E-state index < -0.39 is 10.1 Å². The molecule has 2 aliphatic heterocycles. The van der Waals surface area contributed by atoms with Gasteiger partial charge >= 0.3 is 0 Å². The third kappa shape index (κ3) is 7.29. The molecular formula is C42H45N5O3S. The van der Waals surface area contributed by atoms with Crippen molar-refractivity contribution in [1.29, 1.82) is 0 Å². The van der Waals surface area contributed by atoms with Crippen molar-refractivity contribution in [1.82, 2.24) is 0 Å². The van der Waals surface area contributed by atoms with Gasteiger partial charge in [-0.15, -0.1) is 0 Å². The number of hydrogen-bond acceptors (Lipinski definition) is 5. The highest BCUT2D eigenvalue weighted by atomic mass is 32.2. The third-order valence-electron chi connectivity index (χ3n) is 10.2. The molecule has 0 amide bonds. The van der Waals surface area contributed by atoms with E-state index in [4.69, 9.17) is 5.53 Å². The van der Waals surface area contributed by atoms with Crippen LogP contribution in [0.25, 0.3) is 32.0 Å². The number of unbranched alkanes of at least 4 members (excludes halogenated alkanes) is 1. The minimum absolute atomic E-state index is 0.228. The standard InChI is InChI=1S/C42H45N5O3S/c1-41(2)37(46(28-14-15-30-51(48,49)50)35-25-23-31-17-10-12-19-33(31)39(35)41)21-8-6-5-7-9-22-38-42(3,4)40-34-20-13-11-18-32(34)24-26-36(40)47(38)29-16-27-44-45-43/h5-13,17-26H,14-16,27-30H2,1-4H3. The Bertz CT molecular complexity index is 2290. The van der Waals surface area contributed by atoms with Crippen LogP contribution < -0.4 is 4.90 Å². The van der Waals surface area contributed by atoms with E-state index in [-0.39, 0.29) is 16.6 Å². The molecule has 0 saturated heterocycles. The normalized spacial score (nSPS) is 17.4. The second-order valence-corrected chi connectivity index (χ2v) is 15.8. The summed E-state index contributed by atoms with van der Waals surface area (Å²) in [4.78, 5) is 5.30. The summed E-state index contributed by atoms with van der Waals surface area (Å²) < 4.78 is 36.0. The Morgan fingerprint density at radius 1 is 0.804 bits per heavy atom. The summed E-state index contributed by atoms with van der Waals surface area (Å²) in [7, 11) is -4.24. The number of rotatable bonds is 13. The van der Waals surface area contributed by atoms with E-state index in [1.807, 2.05) is 18.2 Å². The van der Waals surface area contributed by atoms with E-state index in [0.717, 1.165) is 24.4 Å². The second-order valence-electron chi connectivity index (χ2n) is 14.3. The fraction of sp³-hybridized carbons (Fsp3) is 0.310. The van der Waals surface area contributed by atoms with Gasteiger partial charge in [-0.05, 0) is 77.5 Å². The van der Waals surface area contributed by atoms with Crippen molar-refractivity contribution in [3.8, 4) is 0 Å². The zero-order chi connectivity index (χ0) is 36.2. The molecule has 9 heteroatoms. The maximum atomic E-state index is 11.3. The van der Waals surface area contributed by atoms with Crippen LogP contribution in [0.3, 0.4) is 0 Å². The molecular weight excluding hydrogens is 655 g/mol. The molecule has 6 rings (SSSR count). The Morgan fingerprint density at radius 2 is 1.45 bits per heavy atom. The Labute approximate surface area is 301 Å². The summed E-state index contributed by atoms with van der Waals surface area (Å²) in [6.45, 7) is 10.8. The Hall–Kier alpha value is -4.95. The van der Waals surface area contributed by atoms with Crippen molar-refractivity contribution in [2.45, 2.75) is 57.8 Å². The van der Waals surface area contributed by atoms with E-state index in [9.17, 15) is 13.0 Å². The molecule has 0 N–H and O–H groups in total. The van der Waals surface area contributed by atoms with Gasteiger partial charge in [0.25, 0.3) is 0 Å². The van der Waals surface area contributed by atoms with Crippen LogP contribution in [-0.2, 0) is 20.9 Å². The molecule has 0 fully saturated rings. The van der Waals surface area contributed by atoms with E-state index >= 15 is 0 Å². The molecule has 0 radical (unpaired) electrons. The zero-order valence-electron chi connectivity index (χ0n) is 29.8. The first-order valence-electron chi connectivity index (χ1n) is 17.6. The van der Waals surface area contributed by atoms with Crippen LogP contribution in [0, 0.1) is 0 Å². The summed E-state index contributed by atoms with van der Waals surface area (Å²) in [5.74, 6) is -0.349. The van der Waals surface area contributed by atoms with Crippen LogP contribution in [0.2, 0.25) is 0 Å². The molecule has 0 unspecified atom stereocenters. The monoisotopic (exact) mass is 699 g/mol. The first-order valence-corrected chi connectivity index (χ1v) is 19.2. The van der Waals surface area contributed by atoms with E-state index in [1.54, 1.807) is 0 Å². The number of nitrogens with zero attached hydrogens (tertiary/aromatic N) is 5. The maximum absolute atomic E-state index is 11.3. The molecule has 0 atom stereocenters. The van der Waals surface area contributed by atoms with Crippen LogP contribution >= 0.6 is 0 Å². The number of anilines is 1. The predicted molar refractivity (Wildman–Crippen MR) is 209 cm³/mol. The van der Waals surface area contributed by atoms with Crippen LogP contribution in [0.4, 0.5) is 11.4 Å². The van der Waals surface area contributed by atoms with E-state index in [1.165, 1.54) is 44.1 Å². The van der Waals surface area contributed by atoms with Crippen LogP contribution in [0.15, 0.2) is 126 Å². The molecule has 2 aliphatic rings. The average molecular weight is 700 g/mol. The highest BCUT2D eigenvalue weighted by Crippen LogP contribution is 2.51. The van der Waals surface area contributed by atoms with Crippen molar-refractivity contribution < 1.29 is 17.5 Å². The smallest absolute Gasteiger partial charge is 0.210 e. The van der Waals surface area contributed by atoms with E-state index in [2.05, 4.69) is 144 Å². The molecule has 0 aliphatic carbocycles. The number of benzene rings is 4. The lowest BCUT2D eigenvalue weighted by Gasteiger charge is -2.27. The molecule has 51 heavy (non-hydrogen) atoms.